The number of rotatable bonds is 11. The molecule has 2 aromatic carbocycles. The second kappa shape index (κ2) is 12.1. The van der Waals surface area contributed by atoms with Gasteiger partial charge in [-0.15, -0.1) is 0 Å². The molecule has 0 radical (unpaired) electrons. The molecule has 1 amide bonds. The summed E-state index contributed by atoms with van der Waals surface area (Å²) >= 11 is 6.39. The molecule has 1 N–H and O–H groups in total. The first-order valence-electron chi connectivity index (χ1n) is 11.9. The molecule has 3 rings (SSSR count). The third-order valence-corrected chi connectivity index (χ3v) is 5.86. The van der Waals surface area contributed by atoms with Crippen LogP contribution in [0.5, 0.6) is 17.2 Å². The van der Waals surface area contributed by atoms with Crippen LogP contribution in [0.4, 0.5) is 0 Å². The number of methoxy groups -OCH3 is 1. The molecule has 1 atom stereocenters. The highest BCUT2D eigenvalue weighted by atomic mass is 35.5. The van der Waals surface area contributed by atoms with Gasteiger partial charge in [-0.2, -0.15) is 0 Å². The van der Waals surface area contributed by atoms with Crippen LogP contribution < -0.4 is 14.2 Å². The van der Waals surface area contributed by atoms with Gasteiger partial charge in [-0.1, -0.05) is 17.7 Å². The molecule has 1 unspecified atom stereocenters. The van der Waals surface area contributed by atoms with Crippen molar-refractivity contribution in [2.45, 2.75) is 39.8 Å². The molecular weight excluding hydrogens is 486 g/mol. The predicted octanol–water partition coefficient (Wildman–Crippen LogP) is 4.99. The fourth-order valence-electron chi connectivity index (χ4n) is 4.05. The van der Waals surface area contributed by atoms with Gasteiger partial charge in [0.15, 0.2) is 11.5 Å². The van der Waals surface area contributed by atoms with E-state index in [9.17, 15) is 14.7 Å². The van der Waals surface area contributed by atoms with E-state index < -0.39 is 17.7 Å². The van der Waals surface area contributed by atoms with Crippen LogP contribution in [0.2, 0.25) is 5.02 Å². The van der Waals surface area contributed by atoms with Gasteiger partial charge in [-0.05, 0) is 63.6 Å². The first-order valence-corrected chi connectivity index (χ1v) is 12.2. The van der Waals surface area contributed by atoms with Crippen molar-refractivity contribution in [2.24, 2.45) is 0 Å². The summed E-state index contributed by atoms with van der Waals surface area (Å²) < 4.78 is 22.4. The van der Waals surface area contributed by atoms with Crippen LogP contribution in [0.15, 0.2) is 42.0 Å². The van der Waals surface area contributed by atoms with E-state index in [1.54, 1.807) is 36.4 Å². The first kappa shape index (κ1) is 27.4. The van der Waals surface area contributed by atoms with Crippen molar-refractivity contribution in [3.63, 3.8) is 0 Å². The highest BCUT2D eigenvalue weighted by Crippen LogP contribution is 2.43. The summed E-state index contributed by atoms with van der Waals surface area (Å²) in [5, 5.41) is 11.6. The Morgan fingerprint density at radius 2 is 1.78 bits per heavy atom. The average molecular weight is 518 g/mol. The second-order valence-electron chi connectivity index (χ2n) is 8.37. The number of amides is 1. The van der Waals surface area contributed by atoms with E-state index in [2.05, 4.69) is 0 Å². The molecule has 1 fully saturated rings. The lowest BCUT2D eigenvalue weighted by Gasteiger charge is -2.26. The van der Waals surface area contributed by atoms with E-state index in [4.69, 9.17) is 30.5 Å². The Morgan fingerprint density at radius 3 is 2.42 bits per heavy atom. The molecule has 0 bridgehead atoms. The van der Waals surface area contributed by atoms with Gasteiger partial charge in [-0.25, -0.2) is 0 Å². The Kier molecular flexibility index (Phi) is 9.23. The zero-order chi connectivity index (χ0) is 26.4. The third kappa shape index (κ3) is 5.77. The summed E-state index contributed by atoms with van der Waals surface area (Å²) in [6, 6.07) is 9.11. The molecule has 9 heteroatoms. The summed E-state index contributed by atoms with van der Waals surface area (Å²) in [4.78, 5) is 27.7. The molecule has 1 aliphatic heterocycles. The van der Waals surface area contributed by atoms with E-state index in [0.29, 0.717) is 36.0 Å². The maximum Gasteiger partial charge on any atom is 0.295 e. The number of Topliss-reactive ketones (excluding diaryl/α,β-unsaturated/α-hetero) is 1. The van der Waals surface area contributed by atoms with Crippen LogP contribution in [-0.2, 0) is 14.3 Å². The van der Waals surface area contributed by atoms with E-state index in [0.717, 1.165) is 0 Å². The highest BCUT2D eigenvalue weighted by Gasteiger charge is 2.46. The highest BCUT2D eigenvalue weighted by molar-refractivity contribution is 6.47. The van der Waals surface area contributed by atoms with Crippen molar-refractivity contribution in [3.8, 4) is 17.2 Å². The number of ketones is 1. The molecule has 2 aromatic rings. The zero-order valence-electron chi connectivity index (χ0n) is 21.2. The molecule has 0 spiro atoms. The fraction of sp³-hybridized carbons (Fsp3) is 0.407. The fourth-order valence-corrected chi connectivity index (χ4v) is 4.26. The predicted molar refractivity (Wildman–Crippen MR) is 137 cm³/mol. The number of likely N-dealkylation sites (tertiary alicyclic amines) is 1. The van der Waals surface area contributed by atoms with Gasteiger partial charge in [0.1, 0.15) is 11.5 Å². The number of hydrogen-bond donors (Lipinski definition) is 1. The number of carbonyl (C=O) groups excluding carboxylic acids is 2. The minimum Gasteiger partial charge on any atom is -0.507 e. The van der Waals surface area contributed by atoms with Crippen molar-refractivity contribution in [2.75, 3.05) is 33.5 Å². The third-order valence-electron chi connectivity index (χ3n) is 5.53. The molecule has 8 nitrogen and oxygen atoms in total. The van der Waals surface area contributed by atoms with Gasteiger partial charge in [0.2, 0.25) is 0 Å². The Labute approximate surface area is 216 Å². The maximum absolute atomic E-state index is 13.2. The van der Waals surface area contributed by atoms with Gasteiger partial charge in [0, 0.05) is 19.2 Å². The van der Waals surface area contributed by atoms with Crippen LogP contribution in [0.25, 0.3) is 5.76 Å². The number of benzene rings is 2. The Bertz CT molecular complexity index is 1140. The van der Waals surface area contributed by atoms with Crippen LogP contribution >= 0.6 is 11.6 Å². The Balaban J connectivity index is 2.21. The van der Waals surface area contributed by atoms with E-state index in [1.807, 2.05) is 27.7 Å². The van der Waals surface area contributed by atoms with Crippen molar-refractivity contribution >= 4 is 29.1 Å². The Morgan fingerprint density at radius 1 is 1.06 bits per heavy atom. The molecule has 36 heavy (non-hydrogen) atoms. The number of halogens is 1. The molecule has 0 saturated carbocycles. The van der Waals surface area contributed by atoms with Gasteiger partial charge in [-0.3, -0.25) is 9.59 Å². The Hall–Kier alpha value is -3.23. The molecule has 0 aromatic heterocycles. The van der Waals surface area contributed by atoms with Crippen molar-refractivity contribution in [3.05, 3.63) is 58.1 Å². The normalized spacial score (nSPS) is 17.1. The molecular formula is C27H32ClNO7. The zero-order valence-corrected chi connectivity index (χ0v) is 21.9. The summed E-state index contributed by atoms with van der Waals surface area (Å²) in [7, 11) is 1.51. The van der Waals surface area contributed by atoms with Crippen LogP contribution in [-0.4, -0.2) is 61.3 Å². The molecule has 194 valence electrons. The molecule has 1 saturated heterocycles. The van der Waals surface area contributed by atoms with Crippen molar-refractivity contribution in [1.82, 2.24) is 4.90 Å². The summed E-state index contributed by atoms with van der Waals surface area (Å²) in [5.74, 6) is -0.454. The first-order chi connectivity index (χ1) is 17.2. The minimum atomic E-state index is -0.890. The molecule has 0 aliphatic carbocycles. The quantitative estimate of drug-likeness (QED) is 0.255. The van der Waals surface area contributed by atoms with Crippen LogP contribution in [0.3, 0.4) is 0 Å². The number of aliphatic hydroxyl groups excluding tert-OH is 1. The molecule has 1 heterocycles. The van der Waals surface area contributed by atoms with E-state index >= 15 is 0 Å². The van der Waals surface area contributed by atoms with Crippen LogP contribution in [0.1, 0.15) is 44.9 Å². The van der Waals surface area contributed by atoms with E-state index in [1.165, 1.54) is 12.0 Å². The smallest absolute Gasteiger partial charge is 0.295 e. The van der Waals surface area contributed by atoms with Gasteiger partial charge < -0.3 is 29.0 Å². The topological polar surface area (TPSA) is 94.5 Å². The van der Waals surface area contributed by atoms with Crippen molar-refractivity contribution in [1.29, 1.82) is 0 Å². The van der Waals surface area contributed by atoms with Gasteiger partial charge in [0.25, 0.3) is 11.7 Å². The minimum absolute atomic E-state index is 0.0772. The average Bonchev–Trinajstić information content (AvgIpc) is 3.09. The number of hydrogen-bond acceptors (Lipinski definition) is 7. The monoisotopic (exact) mass is 517 g/mol. The number of ether oxygens (including phenoxy) is 4. The lowest BCUT2D eigenvalue weighted by atomic mass is 9.95. The SMILES string of the molecule is CCOc1ccc(Cl)c(/C(O)=C2\C(=O)C(=O)N(CCOC)C2c2ccc(OC(C)C)c(OCC)c2)c1. The number of aliphatic hydroxyl groups is 1. The standard InChI is InChI=1S/C27H32ClNO7/c1-6-34-18-9-10-20(28)19(15-18)25(30)23-24(29(12-13-33-5)27(32)26(23)31)17-8-11-21(36-16(3)4)22(14-17)35-7-2/h8-11,14-16,24,30H,6-7,12-13H2,1-5H3/b25-23+. The summed E-state index contributed by atoms with van der Waals surface area (Å²) in [6.45, 7) is 8.64. The van der Waals surface area contributed by atoms with E-state index in [-0.39, 0.29) is 41.2 Å². The van der Waals surface area contributed by atoms with Gasteiger partial charge in [0.05, 0.1) is 42.6 Å². The number of carbonyl (C=O) groups is 2. The second-order valence-corrected chi connectivity index (χ2v) is 8.77. The summed E-state index contributed by atoms with van der Waals surface area (Å²) in [5.41, 5.74) is 0.692. The lowest BCUT2D eigenvalue weighted by molar-refractivity contribution is -0.140. The maximum atomic E-state index is 13.2. The number of nitrogens with zero attached hydrogens (tertiary/aromatic N) is 1. The van der Waals surface area contributed by atoms with Crippen LogP contribution in [0, 0.1) is 0 Å². The lowest BCUT2D eigenvalue weighted by Crippen LogP contribution is -2.32. The molecule has 1 aliphatic rings. The van der Waals surface area contributed by atoms with Gasteiger partial charge >= 0.3 is 0 Å². The largest absolute Gasteiger partial charge is 0.507 e. The van der Waals surface area contributed by atoms with Crippen molar-refractivity contribution < 1.29 is 33.6 Å². The summed E-state index contributed by atoms with van der Waals surface area (Å²) in [6.07, 6.45) is -0.0813.